The van der Waals surface area contributed by atoms with Gasteiger partial charge in [0.15, 0.2) is 0 Å². The van der Waals surface area contributed by atoms with E-state index in [1.54, 1.807) is 0 Å². The van der Waals surface area contributed by atoms with Crippen LogP contribution in [0, 0.1) is 0 Å². The molecule has 0 aromatic carbocycles. The van der Waals surface area contributed by atoms with Gasteiger partial charge in [0.2, 0.25) is 5.95 Å². The van der Waals surface area contributed by atoms with Crippen molar-refractivity contribution < 1.29 is 0 Å². The number of nitrogens with zero attached hydrogens (tertiary/aromatic N) is 3. The summed E-state index contributed by atoms with van der Waals surface area (Å²) in [5.41, 5.74) is 6.88. The second-order valence-corrected chi connectivity index (χ2v) is 6.26. The molecule has 18 heavy (non-hydrogen) atoms. The van der Waals surface area contributed by atoms with Gasteiger partial charge < -0.3 is 10.6 Å². The molecule has 0 radical (unpaired) electrons. The van der Waals surface area contributed by atoms with Gasteiger partial charge in [-0.3, -0.25) is 0 Å². The molecule has 100 valence electrons. The third kappa shape index (κ3) is 2.74. The number of hydrogen-bond donors (Lipinski definition) is 1. The van der Waals surface area contributed by atoms with Crippen LogP contribution in [-0.4, -0.2) is 22.6 Å². The minimum Gasteiger partial charge on any atom is -0.368 e. The summed E-state index contributed by atoms with van der Waals surface area (Å²) < 4.78 is 0. The molecule has 1 atom stereocenters. The SMILES string of the molecule is CC1CCCCN1c1cc(C(C)(C)C)nc(N)n1. The first-order valence-electron chi connectivity index (χ1n) is 6.79. The summed E-state index contributed by atoms with van der Waals surface area (Å²) >= 11 is 0. The Morgan fingerprint density at radius 3 is 2.61 bits per heavy atom. The van der Waals surface area contributed by atoms with Crippen molar-refractivity contribution in [2.24, 2.45) is 0 Å². The Hall–Kier alpha value is -1.32. The lowest BCUT2D eigenvalue weighted by atomic mass is 9.91. The van der Waals surface area contributed by atoms with Crippen LogP contribution in [0.2, 0.25) is 0 Å². The zero-order valence-electron chi connectivity index (χ0n) is 11.9. The van der Waals surface area contributed by atoms with E-state index in [1.807, 2.05) is 0 Å². The number of rotatable bonds is 1. The number of nitrogens with two attached hydrogens (primary N) is 1. The number of nitrogen functional groups attached to an aromatic ring is 1. The molecule has 0 aliphatic carbocycles. The monoisotopic (exact) mass is 248 g/mol. The third-order valence-corrected chi connectivity index (χ3v) is 3.60. The minimum absolute atomic E-state index is 0.00480. The van der Waals surface area contributed by atoms with E-state index in [1.165, 1.54) is 19.3 Å². The van der Waals surface area contributed by atoms with Gasteiger partial charge in [-0.1, -0.05) is 20.8 Å². The summed E-state index contributed by atoms with van der Waals surface area (Å²) in [5.74, 6) is 1.37. The predicted molar refractivity (Wildman–Crippen MR) is 75.8 cm³/mol. The van der Waals surface area contributed by atoms with E-state index in [4.69, 9.17) is 5.73 Å². The van der Waals surface area contributed by atoms with Gasteiger partial charge in [-0.25, -0.2) is 4.98 Å². The number of piperidine rings is 1. The van der Waals surface area contributed by atoms with E-state index in [0.29, 0.717) is 12.0 Å². The first kappa shape index (κ1) is 13.1. The smallest absolute Gasteiger partial charge is 0.222 e. The van der Waals surface area contributed by atoms with Gasteiger partial charge in [-0.15, -0.1) is 0 Å². The molecule has 0 spiro atoms. The molecule has 1 aliphatic heterocycles. The van der Waals surface area contributed by atoms with Crippen molar-refractivity contribution in [2.75, 3.05) is 17.2 Å². The quantitative estimate of drug-likeness (QED) is 0.830. The second-order valence-electron chi connectivity index (χ2n) is 6.26. The molecule has 0 saturated carbocycles. The summed E-state index contributed by atoms with van der Waals surface area (Å²) in [6.07, 6.45) is 3.78. The van der Waals surface area contributed by atoms with Crippen LogP contribution in [0.1, 0.15) is 52.7 Å². The van der Waals surface area contributed by atoms with Crippen LogP contribution in [0.5, 0.6) is 0 Å². The molecule has 2 rings (SSSR count). The standard InChI is InChI=1S/C14H24N4/c1-10-7-5-6-8-18(10)12-9-11(14(2,3)4)16-13(15)17-12/h9-10H,5-8H2,1-4H3,(H2,15,16,17). The Bertz CT molecular complexity index is 422. The summed E-state index contributed by atoms with van der Waals surface area (Å²) in [5, 5.41) is 0. The Morgan fingerprint density at radius 2 is 2.00 bits per heavy atom. The van der Waals surface area contributed by atoms with Gasteiger partial charge in [-0.2, -0.15) is 4.98 Å². The first-order chi connectivity index (χ1) is 8.38. The molecule has 1 unspecified atom stereocenters. The van der Waals surface area contributed by atoms with Crippen molar-refractivity contribution in [1.82, 2.24) is 9.97 Å². The fraction of sp³-hybridized carbons (Fsp3) is 0.714. The van der Waals surface area contributed by atoms with Crippen molar-refractivity contribution in [2.45, 2.75) is 58.4 Å². The van der Waals surface area contributed by atoms with Gasteiger partial charge in [0.25, 0.3) is 0 Å². The van der Waals surface area contributed by atoms with Crippen LogP contribution >= 0.6 is 0 Å². The maximum absolute atomic E-state index is 5.86. The topological polar surface area (TPSA) is 55.0 Å². The molecule has 1 aromatic rings. The lowest BCUT2D eigenvalue weighted by Crippen LogP contribution is -2.38. The largest absolute Gasteiger partial charge is 0.368 e. The molecular weight excluding hydrogens is 224 g/mol. The fourth-order valence-corrected chi connectivity index (χ4v) is 2.42. The highest BCUT2D eigenvalue weighted by Gasteiger charge is 2.23. The van der Waals surface area contributed by atoms with E-state index in [9.17, 15) is 0 Å². The number of hydrogen-bond acceptors (Lipinski definition) is 4. The molecule has 4 heteroatoms. The average Bonchev–Trinajstić information content (AvgIpc) is 2.27. The maximum atomic E-state index is 5.86. The van der Waals surface area contributed by atoms with Crippen molar-refractivity contribution in [3.05, 3.63) is 11.8 Å². The number of aromatic nitrogens is 2. The highest BCUT2D eigenvalue weighted by molar-refractivity contribution is 5.46. The van der Waals surface area contributed by atoms with Crippen molar-refractivity contribution in [3.8, 4) is 0 Å². The molecule has 1 aromatic heterocycles. The van der Waals surface area contributed by atoms with Gasteiger partial charge in [0.1, 0.15) is 5.82 Å². The molecule has 0 bridgehead atoms. The highest BCUT2D eigenvalue weighted by Crippen LogP contribution is 2.28. The Morgan fingerprint density at radius 1 is 1.28 bits per heavy atom. The lowest BCUT2D eigenvalue weighted by molar-refractivity contribution is 0.479. The van der Waals surface area contributed by atoms with Crippen LogP contribution in [0.3, 0.4) is 0 Å². The normalized spacial score (nSPS) is 21.1. The fourth-order valence-electron chi connectivity index (χ4n) is 2.42. The zero-order chi connectivity index (χ0) is 13.3. The molecular formula is C14H24N4. The van der Waals surface area contributed by atoms with Gasteiger partial charge in [0.05, 0.1) is 5.69 Å². The van der Waals surface area contributed by atoms with Crippen LogP contribution in [0.15, 0.2) is 6.07 Å². The Labute approximate surface area is 110 Å². The predicted octanol–water partition coefficient (Wildman–Crippen LogP) is 2.74. The third-order valence-electron chi connectivity index (χ3n) is 3.60. The molecule has 2 heterocycles. The molecule has 1 saturated heterocycles. The van der Waals surface area contributed by atoms with Crippen LogP contribution < -0.4 is 10.6 Å². The van der Waals surface area contributed by atoms with E-state index in [-0.39, 0.29) is 5.41 Å². The Balaban J connectivity index is 2.35. The van der Waals surface area contributed by atoms with Gasteiger partial charge >= 0.3 is 0 Å². The maximum Gasteiger partial charge on any atom is 0.222 e. The second kappa shape index (κ2) is 4.75. The van der Waals surface area contributed by atoms with Gasteiger partial charge in [-0.05, 0) is 26.2 Å². The summed E-state index contributed by atoms with van der Waals surface area (Å²) in [6, 6.07) is 2.64. The highest BCUT2D eigenvalue weighted by atomic mass is 15.2. The summed E-state index contributed by atoms with van der Waals surface area (Å²) in [7, 11) is 0. The molecule has 2 N–H and O–H groups in total. The molecule has 0 amide bonds. The van der Waals surface area contributed by atoms with E-state index in [2.05, 4.69) is 48.6 Å². The van der Waals surface area contributed by atoms with Crippen molar-refractivity contribution in [3.63, 3.8) is 0 Å². The average molecular weight is 248 g/mol. The zero-order valence-corrected chi connectivity index (χ0v) is 11.9. The molecule has 4 nitrogen and oxygen atoms in total. The molecule has 1 aliphatic rings. The van der Waals surface area contributed by atoms with E-state index in [0.717, 1.165) is 18.1 Å². The lowest BCUT2D eigenvalue weighted by Gasteiger charge is -2.35. The first-order valence-corrected chi connectivity index (χ1v) is 6.79. The number of anilines is 2. The van der Waals surface area contributed by atoms with Crippen LogP contribution in [0.4, 0.5) is 11.8 Å². The molecule has 1 fully saturated rings. The van der Waals surface area contributed by atoms with E-state index >= 15 is 0 Å². The summed E-state index contributed by atoms with van der Waals surface area (Å²) in [6.45, 7) is 9.78. The minimum atomic E-state index is 0.00480. The van der Waals surface area contributed by atoms with E-state index < -0.39 is 0 Å². The van der Waals surface area contributed by atoms with Crippen molar-refractivity contribution in [1.29, 1.82) is 0 Å². The van der Waals surface area contributed by atoms with Gasteiger partial charge in [0, 0.05) is 24.1 Å². The van der Waals surface area contributed by atoms with Crippen molar-refractivity contribution >= 4 is 11.8 Å². The Kier molecular flexibility index (Phi) is 3.46. The summed E-state index contributed by atoms with van der Waals surface area (Å²) in [4.78, 5) is 11.1. The van der Waals surface area contributed by atoms with Crippen LogP contribution in [-0.2, 0) is 5.41 Å². The van der Waals surface area contributed by atoms with Crippen LogP contribution in [0.25, 0.3) is 0 Å².